The monoisotopic (exact) mass is 298 g/mol. The SMILES string of the molecule is [CH]c1cc(OC)c(OCc2ccc(C(C)C)cc2)c(OC)c1. The lowest BCUT2D eigenvalue weighted by molar-refractivity contribution is 0.266. The molecule has 2 aromatic carbocycles. The van der Waals surface area contributed by atoms with Crippen LogP contribution in [0.25, 0.3) is 0 Å². The summed E-state index contributed by atoms with van der Waals surface area (Å²) < 4.78 is 16.5. The molecule has 0 N–H and O–H groups in total. The number of benzene rings is 2. The normalized spacial score (nSPS) is 10.6. The summed E-state index contributed by atoms with van der Waals surface area (Å²) in [5, 5.41) is 0. The smallest absolute Gasteiger partial charge is 0.203 e. The van der Waals surface area contributed by atoms with E-state index >= 15 is 0 Å². The Hall–Kier alpha value is -2.16. The summed E-state index contributed by atoms with van der Waals surface area (Å²) in [6.07, 6.45) is 0. The van der Waals surface area contributed by atoms with E-state index in [-0.39, 0.29) is 0 Å². The standard InChI is InChI=1S/C19H22O3/c1-13(2)16-8-6-15(7-9-16)12-22-19-17(20-4)10-14(3)11-18(19)21-5/h3,6-11,13H,12H2,1-2,4-5H3. The lowest BCUT2D eigenvalue weighted by Crippen LogP contribution is -2.01. The average molecular weight is 298 g/mol. The molecule has 0 aliphatic heterocycles. The molecule has 3 nitrogen and oxygen atoms in total. The van der Waals surface area contributed by atoms with Gasteiger partial charge in [0, 0.05) is 0 Å². The van der Waals surface area contributed by atoms with Crippen molar-refractivity contribution >= 4 is 0 Å². The third kappa shape index (κ3) is 3.73. The number of hydrogen-bond donors (Lipinski definition) is 0. The topological polar surface area (TPSA) is 27.7 Å². The fourth-order valence-electron chi connectivity index (χ4n) is 2.20. The van der Waals surface area contributed by atoms with E-state index in [0.717, 1.165) is 5.56 Å². The van der Waals surface area contributed by atoms with Crippen LogP contribution in [0, 0.1) is 6.92 Å². The van der Waals surface area contributed by atoms with E-state index in [1.807, 2.05) is 0 Å². The van der Waals surface area contributed by atoms with Gasteiger partial charge in [-0.1, -0.05) is 38.1 Å². The first-order valence-corrected chi connectivity index (χ1v) is 7.28. The molecule has 116 valence electrons. The summed E-state index contributed by atoms with van der Waals surface area (Å²) in [6, 6.07) is 11.8. The van der Waals surface area contributed by atoms with Crippen molar-refractivity contribution in [1.82, 2.24) is 0 Å². The second-order valence-corrected chi connectivity index (χ2v) is 5.44. The van der Waals surface area contributed by atoms with Crippen LogP contribution in [0.3, 0.4) is 0 Å². The highest BCUT2D eigenvalue weighted by molar-refractivity contribution is 5.54. The van der Waals surface area contributed by atoms with Crippen molar-refractivity contribution in [2.24, 2.45) is 0 Å². The summed E-state index contributed by atoms with van der Waals surface area (Å²) in [4.78, 5) is 0. The van der Waals surface area contributed by atoms with E-state index in [9.17, 15) is 0 Å². The third-order valence-electron chi connectivity index (χ3n) is 3.51. The molecule has 22 heavy (non-hydrogen) atoms. The van der Waals surface area contributed by atoms with Gasteiger partial charge in [0.1, 0.15) is 6.61 Å². The van der Waals surface area contributed by atoms with Gasteiger partial charge in [-0.05, 0) is 41.7 Å². The van der Waals surface area contributed by atoms with Crippen LogP contribution in [0.5, 0.6) is 17.2 Å². The molecule has 0 atom stereocenters. The molecule has 2 aromatic rings. The van der Waals surface area contributed by atoms with Gasteiger partial charge in [0.25, 0.3) is 0 Å². The van der Waals surface area contributed by atoms with E-state index in [4.69, 9.17) is 21.1 Å². The minimum Gasteiger partial charge on any atom is -0.493 e. The molecule has 0 amide bonds. The van der Waals surface area contributed by atoms with Gasteiger partial charge in [-0.15, -0.1) is 0 Å². The molecule has 0 bridgehead atoms. The highest BCUT2D eigenvalue weighted by atomic mass is 16.5. The molecule has 0 unspecified atom stereocenters. The molecule has 0 aromatic heterocycles. The first-order chi connectivity index (χ1) is 10.5. The van der Waals surface area contributed by atoms with Gasteiger partial charge < -0.3 is 14.2 Å². The summed E-state index contributed by atoms with van der Waals surface area (Å²) in [5.74, 6) is 2.21. The zero-order valence-electron chi connectivity index (χ0n) is 13.6. The summed E-state index contributed by atoms with van der Waals surface area (Å²) in [6.45, 7) is 10.6. The van der Waals surface area contributed by atoms with Gasteiger partial charge in [0.2, 0.25) is 5.75 Å². The van der Waals surface area contributed by atoms with Crippen LogP contribution in [-0.2, 0) is 6.61 Å². The van der Waals surface area contributed by atoms with E-state index in [0.29, 0.717) is 35.3 Å². The van der Waals surface area contributed by atoms with Gasteiger partial charge in [0.15, 0.2) is 11.5 Å². The molecule has 0 spiro atoms. The Labute approximate surface area is 132 Å². The summed E-state index contributed by atoms with van der Waals surface area (Å²) >= 11 is 0. The van der Waals surface area contributed by atoms with Crippen molar-refractivity contribution < 1.29 is 14.2 Å². The van der Waals surface area contributed by atoms with Gasteiger partial charge in [0.05, 0.1) is 14.2 Å². The Morgan fingerprint density at radius 3 is 1.95 bits per heavy atom. The second-order valence-electron chi connectivity index (χ2n) is 5.44. The van der Waals surface area contributed by atoms with Gasteiger partial charge >= 0.3 is 0 Å². The van der Waals surface area contributed by atoms with Crippen LogP contribution < -0.4 is 14.2 Å². The Bertz CT molecular complexity index is 590. The van der Waals surface area contributed by atoms with Crippen molar-refractivity contribution in [2.45, 2.75) is 26.4 Å². The third-order valence-corrected chi connectivity index (χ3v) is 3.51. The highest BCUT2D eigenvalue weighted by Gasteiger charge is 2.13. The first-order valence-electron chi connectivity index (χ1n) is 7.28. The van der Waals surface area contributed by atoms with Gasteiger partial charge in [-0.2, -0.15) is 0 Å². The molecule has 0 saturated heterocycles. The number of hydrogen-bond acceptors (Lipinski definition) is 3. The second kappa shape index (κ2) is 7.21. The van der Waals surface area contributed by atoms with Crippen molar-refractivity contribution in [3.63, 3.8) is 0 Å². The van der Waals surface area contributed by atoms with E-state index in [1.54, 1.807) is 26.4 Å². The Morgan fingerprint density at radius 2 is 1.50 bits per heavy atom. The molecule has 0 aliphatic carbocycles. The number of ether oxygens (including phenoxy) is 3. The zero-order chi connectivity index (χ0) is 16.1. The Morgan fingerprint density at radius 1 is 0.955 bits per heavy atom. The average Bonchev–Trinajstić information content (AvgIpc) is 2.53. The lowest BCUT2D eigenvalue weighted by Gasteiger charge is -2.15. The largest absolute Gasteiger partial charge is 0.493 e. The molecule has 0 saturated carbocycles. The quantitative estimate of drug-likeness (QED) is 0.787. The van der Waals surface area contributed by atoms with E-state index in [2.05, 4.69) is 38.1 Å². The molecule has 0 heterocycles. The van der Waals surface area contributed by atoms with Crippen LogP contribution in [0.1, 0.15) is 36.5 Å². The molecule has 2 radical (unpaired) electrons. The van der Waals surface area contributed by atoms with Crippen LogP contribution in [-0.4, -0.2) is 14.2 Å². The number of methoxy groups -OCH3 is 2. The number of rotatable bonds is 6. The first kappa shape index (κ1) is 16.2. The summed E-state index contributed by atoms with van der Waals surface area (Å²) in [7, 11) is 3.16. The molecule has 3 heteroatoms. The van der Waals surface area contributed by atoms with Crippen molar-refractivity contribution in [1.29, 1.82) is 0 Å². The molecule has 0 aliphatic rings. The maximum absolute atomic E-state index is 5.89. The molecule has 0 fully saturated rings. The maximum atomic E-state index is 5.89. The van der Waals surface area contributed by atoms with Gasteiger partial charge in [-0.25, -0.2) is 0 Å². The van der Waals surface area contributed by atoms with Crippen molar-refractivity contribution in [3.05, 3.63) is 60.0 Å². The fraction of sp³-hybridized carbons (Fsp3) is 0.316. The lowest BCUT2D eigenvalue weighted by atomic mass is 10.0. The van der Waals surface area contributed by atoms with Crippen LogP contribution in [0.4, 0.5) is 0 Å². The highest BCUT2D eigenvalue weighted by Crippen LogP contribution is 2.38. The van der Waals surface area contributed by atoms with E-state index < -0.39 is 0 Å². The predicted molar refractivity (Wildman–Crippen MR) is 87.8 cm³/mol. The van der Waals surface area contributed by atoms with Crippen molar-refractivity contribution in [3.8, 4) is 17.2 Å². The maximum Gasteiger partial charge on any atom is 0.203 e. The predicted octanol–water partition coefficient (Wildman–Crippen LogP) is 4.47. The minimum absolute atomic E-state index is 0.439. The molecule has 2 rings (SSSR count). The van der Waals surface area contributed by atoms with Crippen molar-refractivity contribution in [2.75, 3.05) is 14.2 Å². The molecular formula is C19H22O3. The fourth-order valence-corrected chi connectivity index (χ4v) is 2.20. The van der Waals surface area contributed by atoms with Crippen LogP contribution in [0.15, 0.2) is 36.4 Å². The summed E-state index contributed by atoms with van der Waals surface area (Å²) in [5.41, 5.74) is 2.97. The molecular weight excluding hydrogens is 276 g/mol. The van der Waals surface area contributed by atoms with Crippen LogP contribution >= 0.6 is 0 Å². The minimum atomic E-state index is 0.439. The van der Waals surface area contributed by atoms with E-state index in [1.165, 1.54) is 5.56 Å². The zero-order valence-corrected chi connectivity index (χ0v) is 13.6. The Kier molecular flexibility index (Phi) is 5.31. The van der Waals surface area contributed by atoms with Crippen LogP contribution in [0.2, 0.25) is 0 Å². The van der Waals surface area contributed by atoms with Gasteiger partial charge in [-0.3, -0.25) is 0 Å². The Balaban J connectivity index is 2.17.